The summed E-state index contributed by atoms with van der Waals surface area (Å²) in [5.74, 6) is -0.915. The van der Waals surface area contributed by atoms with E-state index in [0.29, 0.717) is 17.2 Å². The van der Waals surface area contributed by atoms with Crippen LogP contribution in [0.25, 0.3) is 0 Å². The van der Waals surface area contributed by atoms with Gasteiger partial charge >= 0.3 is 5.97 Å². The molecule has 1 unspecified atom stereocenters. The van der Waals surface area contributed by atoms with Gasteiger partial charge in [0.15, 0.2) is 0 Å². The van der Waals surface area contributed by atoms with Crippen LogP contribution in [0, 0.1) is 5.92 Å². The molecule has 2 rings (SSSR count). The van der Waals surface area contributed by atoms with E-state index in [1.54, 1.807) is 25.3 Å². The smallest absolute Gasteiger partial charge is 0.308 e. The number of carboxylic acid groups (broad SMARTS) is 1. The zero-order valence-corrected chi connectivity index (χ0v) is 15.4. The second-order valence-electron chi connectivity index (χ2n) is 6.54. The van der Waals surface area contributed by atoms with Crippen LogP contribution in [-0.2, 0) is 11.2 Å². The molecule has 2 N–H and O–H groups in total. The van der Waals surface area contributed by atoms with Crippen molar-refractivity contribution in [2.75, 3.05) is 13.7 Å². The Hall–Kier alpha value is -2.82. The number of hydrogen-bond acceptors (Lipinski definition) is 3. The van der Waals surface area contributed by atoms with Gasteiger partial charge in [0.05, 0.1) is 13.0 Å². The average molecular weight is 355 g/mol. The van der Waals surface area contributed by atoms with Crippen molar-refractivity contribution in [3.63, 3.8) is 0 Å². The molecule has 0 aliphatic heterocycles. The van der Waals surface area contributed by atoms with Crippen molar-refractivity contribution in [3.05, 3.63) is 65.2 Å². The topological polar surface area (TPSA) is 75.6 Å². The first kappa shape index (κ1) is 19.5. The number of ether oxygens (including phenoxy) is 1. The number of amides is 1. The van der Waals surface area contributed by atoms with Crippen molar-refractivity contribution in [3.8, 4) is 5.75 Å². The number of hydrogen-bond donors (Lipinski definition) is 2. The van der Waals surface area contributed by atoms with E-state index in [1.807, 2.05) is 30.3 Å². The van der Waals surface area contributed by atoms with Crippen LogP contribution in [0.3, 0.4) is 0 Å². The lowest BCUT2D eigenvalue weighted by atomic mass is 9.98. The van der Waals surface area contributed by atoms with Gasteiger partial charge in [0.2, 0.25) is 0 Å². The molecule has 0 aliphatic rings. The number of para-hydroxylation sites is 1. The Labute approximate surface area is 154 Å². The molecule has 138 valence electrons. The summed E-state index contributed by atoms with van der Waals surface area (Å²) in [5, 5.41) is 12.2. The van der Waals surface area contributed by atoms with Gasteiger partial charge in [-0.05, 0) is 41.7 Å². The normalized spacial score (nSPS) is 11.8. The van der Waals surface area contributed by atoms with Crippen LogP contribution in [0.1, 0.15) is 41.3 Å². The van der Waals surface area contributed by atoms with Crippen molar-refractivity contribution < 1.29 is 19.4 Å². The van der Waals surface area contributed by atoms with Crippen molar-refractivity contribution in [1.29, 1.82) is 0 Å². The highest BCUT2D eigenvalue weighted by molar-refractivity contribution is 5.94. The van der Waals surface area contributed by atoms with Gasteiger partial charge in [-0.1, -0.05) is 44.2 Å². The summed E-state index contributed by atoms with van der Waals surface area (Å²) in [6.45, 7) is 4.23. The minimum Gasteiger partial charge on any atom is -0.496 e. The van der Waals surface area contributed by atoms with Crippen LogP contribution in [0.5, 0.6) is 5.75 Å². The third-order valence-electron chi connectivity index (χ3n) is 4.36. The summed E-state index contributed by atoms with van der Waals surface area (Å²) >= 11 is 0. The molecule has 5 nitrogen and oxygen atoms in total. The van der Waals surface area contributed by atoms with E-state index in [1.165, 1.54) is 0 Å². The maximum Gasteiger partial charge on any atom is 0.308 e. The second-order valence-corrected chi connectivity index (χ2v) is 6.54. The molecule has 0 radical (unpaired) electrons. The SMILES string of the molecule is COc1ccccc1CC(CNC(=O)c1ccc(C(C)C)cc1)C(=O)O. The van der Waals surface area contributed by atoms with Gasteiger partial charge in [0.25, 0.3) is 5.91 Å². The Morgan fingerprint density at radius 2 is 1.73 bits per heavy atom. The van der Waals surface area contributed by atoms with Gasteiger partial charge in [0.1, 0.15) is 5.75 Å². The standard InChI is InChI=1S/C21H25NO4/c1-14(2)15-8-10-16(11-9-15)20(23)22-13-18(21(24)25)12-17-6-4-5-7-19(17)26-3/h4-11,14,18H,12-13H2,1-3H3,(H,22,23)(H,24,25). The molecular weight excluding hydrogens is 330 g/mol. The molecule has 0 aromatic heterocycles. The molecule has 0 heterocycles. The van der Waals surface area contributed by atoms with E-state index in [0.717, 1.165) is 11.1 Å². The summed E-state index contributed by atoms with van der Waals surface area (Å²) in [7, 11) is 1.55. The lowest BCUT2D eigenvalue weighted by Crippen LogP contribution is -2.34. The van der Waals surface area contributed by atoms with Gasteiger partial charge in [-0.2, -0.15) is 0 Å². The van der Waals surface area contributed by atoms with Crippen LogP contribution in [0.15, 0.2) is 48.5 Å². The largest absolute Gasteiger partial charge is 0.496 e. The molecule has 0 bridgehead atoms. The number of aliphatic carboxylic acids is 1. The first-order valence-electron chi connectivity index (χ1n) is 8.65. The lowest BCUT2D eigenvalue weighted by molar-refractivity contribution is -0.141. The highest BCUT2D eigenvalue weighted by Gasteiger charge is 2.21. The monoisotopic (exact) mass is 355 g/mol. The maximum absolute atomic E-state index is 12.3. The van der Waals surface area contributed by atoms with Crippen molar-refractivity contribution in [1.82, 2.24) is 5.32 Å². The summed E-state index contributed by atoms with van der Waals surface area (Å²) in [6.07, 6.45) is 0.284. The second kappa shape index (κ2) is 9.04. The Bertz CT molecular complexity index is 753. The van der Waals surface area contributed by atoms with Crippen LogP contribution in [-0.4, -0.2) is 30.6 Å². The molecule has 1 atom stereocenters. The van der Waals surface area contributed by atoms with Crippen molar-refractivity contribution in [2.45, 2.75) is 26.2 Å². The van der Waals surface area contributed by atoms with Gasteiger partial charge in [0, 0.05) is 12.1 Å². The predicted molar refractivity (Wildman–Crippen MR) is 101 cm³/mol. The number of nitrogens with one attached hydrogen (secondary N) is 1. The summed E-state index contributed by atoms with van der Waals surface area (Å²) in [5.41, 5.74) is 2.48. The third-order valence-corrected chi connectivity index (χ3v) is 4.36. The Morgan fingerprint density at radius 3 is 2.31 bits per heavy atom. The minimum atomic E-state index is -0.952. The Morgan fingerprint density at radius 1 is 1.08 bits per heavy atom. The van der Waals surface area contributed by atoms with E-state index >= 15 is 0 Å². The van der Waals surface area contributed by atoms with Gasteiger partial charge in [-0.15, -0.1) is 0 Å². The molecule has 2 aromatic carbocycles. The molecule has 0 fully saturated rings. The first-order chi connectivity index (χ1) is 12.4. The predicted octanol–water partition coefficient (Wildman–Crippen LogP) is 3.49. The first-order valence-corrected chi connectivity index (χ1v) is 8.65. The van der Waals surface area contributed by atoms with Crippen LogP contribution < -0.4 is 10.1 Å². The minimum absolute atomic E-state index is 0.0537. The fourth-order valence-electron chi connectivity index (χ4n) is 2.72. The van der Waals surface area contributed by atoms with Crippen molar-refractivity contribution >= 4 is 11.9 Å². The molecular formula is C21H25NO4. The van der Waals surface area contributed by atoms with E-state index in [-0.39, 0.29) is 18.9 Å². The maximum atomic E-state index is 12.3. The lowest BCUT2D eigenvalue weighted by Gasteiger charge is -2.15. The molecule has 26 heavy (non-hydrogen) atoms. The van der Waals surface area contributed by atoms with Crippen molar-refractivity contribution in [2.24, 2.45) is 5.92 Å². The molecule has 5 heteroatoms. The highest BCUT2D eigenvalue weighted by atomic mass is 16.5. The molecule has 0 spiro atoms. The molecule has 0 saturated carbocycles. The average Bonchev–Trinajstić information content (AvgIpc) is 2.64. The van der Waals surface area contributed by atoms with Gasteiger partial charge in [-0.3, -0.25) is 9.59 Å². The zero-order chi connectivity index (χ0) is 19.1. The van der Waals surface area contributed by atoms with Gasteiger partial charge < -0.3 is 15.2 Å². The molecule has 0 aliphatic carbocycles. The summed E-state index contributed by atoms with van der Waals surface area (Å²) in [4.78, 5) is 23.9. The number of methoxy groups -OCH3 is 1. The van der Waals surface area contributed by atoms with E-state index in [2.05, 4.69) is 19.2 Å². The number of carbonyl (C=O) groups excluding carboxylic acids is 1. The highest BCUT2D eigenvalue weighted by Crippen LogP contribution is 2.21. The quantitative estimate of drug-likeness (QED) is 0.760. The van der Waals surface area contributed by atoms with E-state index in [9.17, 15) is 14.7 Å². The van der Waals surface area contributed by atoms with Crippen LogP contribution >= 0.6 is 0 Å². The number of carboxylic acids is 1. The summed E-state index contributed by atoms with van der Waals surface area (Å²) in [6, 6.07) is 14.7. The van der Waals surface area contributed by atoms with Gasteiger partial charge in [-0.25, -0.2) is 0 Å². The third kappa shape index (κ3) is 5.09. The van der Waals surface area contributed by atoms with E-state index in [4.69, 9.17) is 4.74 Å². The number of rotatable bonds is 8. The zero-order valence-electron chi connectivity index (χ0n) is 15.4. The van der Waals surface area contributed by atoms with E-state index < -0.39 is 11.9 Å². The Balaban J connectivity index is 2.01. The number of benzene rings is 2. The molecule has 0 saturated heterocycles. The summed E-state index contributed by atoms with van der Waals surface area (Å²) < 4.78 is 5.27. The fourth-order valence-corrected chi connectivity index (χ4v) is 2.72. The molecule has 2 aromatic rings. The molecule has 1 amide bonds. The van der Waals surface area contributed by atoms with Crippen LogP contribution in [0.2, 0.25) is 0 Å². The van der Waals surface area contributed by atoms with Crippen LogP contribution in [0.4, 0.5) is 0 Å². The Kier molecular flexibility index (Phi) is 6.78. The fraction of sp³-hybridized carbons (Fsp3) is 0.333. The number of carbonyl (C=O) groups is 2.